The fourth-order valence-corrected chi connectivity index (χ4v) is 2.24. The summed E-state index contributed by atoms with van der Waals surface area (Å²) in [5, 5.41) is 19.7. The average Bonchev–Trinajstić information content (AvgIpc) is 2.63. The van der Waals surface area contributed by atoms with Gasteiger partial charge in [-0.3, -0.25) is 9.59 Å². The summed E-state index contributed by atoms with van der Waals surface area (Å²) in [6, 6.07) is -1.11. The number of aliphatic hydroxyl groups excluding tert-OH is 1. The lowest BCUT2D eigenvalue weighted by Crippen LogP contribution is -2.46. The first kappa shape index (κ1) is 13.8. The van der Waals surface area contributed by atoms with Gasteiger partial charge in [0.05, 0.1) is 11.6 Å². The second-order valence-corrected chi connectivity index (χ2v) is 4.49. The second kappa shape index (κ2) is 6.45. The zero-order valence-corrected chi connectivity index (χ0v) is 9.90. The number of nitrogens with zero attached hydrogens (tertiary/aromatic N) is 1. The van der Waals surface area contributed by atoms with E-state index in [-0.39, 0.29) is 25.5 Å². The van der Waals surface area contributed by atoms with Gasteiger partial charge in [0.15, 0.2) is 0 Å². The van der Waals surface area contributed by atoms with Gasteiger partial charge in [-0.15, -0.1) is 11.8 Å². The fraction of sp³-hybridized carbons (Fsp3) is 0.667. The minimum atomic E-state index is -1.20. The zero-order chi connectivity index (χ0) is 12.8. The number of carbonyl (C=O) groups excluding carboxylic acids is 2. The number of nitrogens with one attached hydrogen (secondary N) is 1. The molecular weight excluding hydrogens is 248 g/mol. The number of carboxylic acids is 1. The summed E-state index contributed by atoms with van der Waals surface area (Å²) in [7, 11) is 0. The summed E-state index contributed by atoms with van der Waals surface area (Å²) in [5.41, 5.74) is 0. The molecule has 0 unspecified atom stereocenters. The summed E-state index contributed by atoms with van der Waals surface area (Å²) in [4.78, 5) is 34.8. The van der Waals surface area contributed by atoms with E-state index in [9.17, 15) is 14.4 Å². The van der Waals surface area contributed by atoms with Gasteiger partial charge in [0.1, 0.15) is 12.6 Å². The molecule has 0 aliphatic carbocycles. The summed E-state index contributed by atoms with van der Waals surface area (Å²) in [5.74, 6) is -1.05. The molecule has 96 valence electrons. The van der Waals surface area contributed by atoms with Gasteiger partial charge < -0.3 is 20.4 Å². The van der Waals surface area contributed by atoms with Crippen molar-refractivity contribution >= 4 is 29.5 Å². The molecular formula is C9H14N2O5S. The van der Waals surface area contributed by atoms with Crippen LogP contribution < -0.4 is 5.32 Å². The van der Waals surface area contributed by atoms with Gasteiger partial charge >= 0.3 is 5.97 Å². The van der Waals surface area contributed by atoms with Crippen LogP contribution in [-0.4, -0.2) is 63.7 Å². The number of amides is 2. The Bertz CT molecular complexity index is 323. The number of carbonyl (C=O) groups is 3. The molecule has 1 atom stereocenters. The largest absolute Gasteiger partial charge is 0.480 e. The van der Waals surface area contributed by atoms with E-state index >= 15 is 0 Å². The van der Waals surface area contributed by atoms with Crippen LogP contribution in [0, 0.1) is 0 Å². The average molecular weight is 262 g/mol. The lowest BCUT2D eigenvalue weighted by molar-refractivity contribution is -0.142. The van der Waals surface area contributed by atoms with Gasteiger partial charge in [-0.05, 0) is 0 Å². The van der Waals surface area contributed by atoms with Crippen molar-refractivity contribution < 1.29 is 24.6 Å². The van der Waals surface area contributed by atoms with Crippen LogP contribution in [0.15, 0.2) is 0 Å². The van der Waals surface area contributed by atoms with Crippen molar-refractivity contribution in [2.45, 2.75) is 12.5 Å². The number of rotatable bonds is 6. The summed E-state index contributed by atoms with van der Waals surface area (Å²) in [6.07, 6.45) is -0.0518. The van der Waals surface area contributed by atoms with Crippen molar-refractivity contribution in [1.82, 2.24) is 10.2 Å². The van der Waals surface area contributed by atoms with E-state index in [0.29, 0.717) is 11.6 Å². The van der Waals surface area contributed by atoms with Gasteiger partial charge in [0.2, 0.25) is 11.8 Å². The smallest absolute Gasteiger partial charge is 0.326 e. The molecule has 17 heavy (non-hydrogen) atoms. The Morgan fingerprint density at radius 3 is 2.71 bits per heavy atom. The third-order valence-corrected chi connectivity index (χ3v) is 3.16. The van der Waals surface area contributed by atoms with E-state index in [1.165, 1.54) is 16.7 Å². The van der Waals surface area contributed by atoms with E-state index < -0.39 is 17.9 Å². The van der Waals surface area contributed by atoms with Crippen molar-refractivity contribution in [3.63, 3.8) is 0 Å². The van der Waals surface area contributed by atoms with Crippen LogP contribution in [0.25, 0.3) is 0 Å². The SMILES string of the molecule is O=C(CN1CSCC1=O)N[C@H](CCO)C(=O)O. The zero-order valence-electron chi connectivity index (χ0n) is 9.09. The number of carboxylic acid groups (broad SMARTS) is 1. The molecule has 3 N–H and O–H groups in total. The van der Waals surface area contributed by atoms with Gasteiger partial charge in [0, 0.05) is 13.0 Å². The molecule has 0 aromatic carbocycles. The van der Waals surface area contributed by atoms with Crippen LogP contribution in [0.3, 0.4) is 0 Å². The summed E-state index contributed by atoms with van der Waals surface area (Å²) in [6.45, 7) is -0.462. The minimum absolute atomic E-state index is 0.0518. The summed E-state index contributed by atoms with van der Waals surface area (Å²) < 4.78 is 0. The van der Waals surface area contributed by atoms with Crippen LogP contribution in [-0.2, 0) is 14.4 Å². The second-order valence-electron chi connectivity index (χ2n) is 3.54. The highest BCUT2D eigenvalue weighted by molar-refractivity contribution is 8.00. The van der Waals surface area contributed by atoms with Gasteiger partial charge in [-0.25, -0.2) is 4.79 Å². The Morgan fingerprint density at radius 2 is 2.24 bits per heavy atom. The van der Waals surface area contributed by atoms with Crippen LogP contribution in [0.5, 0.6) is 0 Å². The first-order valence-corrected chi connectivity index (χ1v) is 6.18. The highest BCUT2D eigenvalue weighted by Crippen LogP contribution is 2.13. The van der Waals surface area contributed by atoms with E-state index in [4.69, 9.17) is 10.2 Å². The molecule has 0 aromatic rings. The fourth-order valence-electron chi connectivity index (χ4n) is 1.34. The van der Waals surface area contributed by atoms with Gasteiger partial charge in [-0.2, -0.15) is 0 Å². The number of hydrogen-bond donors (Lipinski definition) is 3. The Labute approximate surface area is 102 Å². The Hall–Kier alpha value is -1.28. The maximum absolute atomic E-state index is 11.5. The van der Waals surface area contributed by atoms with Crippen LogP contribution in [0.2, 0.25) is 0 Å². The molecule has 1 saturated heterocycles. The van der Waals surface area contributed by atoms with Gasteiger partial charge in [-0.1, -0.05) is 0 Å². The number of aliphatic carboxylic acids is 1. The first-order chi connectivity index (χ1) is 8.04. The molecule has 1 rings (SSSR count). The molecule has 0 aromatic heterocycles. The maximum Gasteiger partial charge on any atom is 0.326 e. The maximum atomic E-state index is 11.5. The molecule has 7 nitrogen and oxygen atoms in total. The lowest BCUT2D eigenvalue weighted by Gasteiger charge is -2.17. The van der Waals surface area contributed by atoms with Crippen LogP contribution >= 0.6 is 11.8 Å². The van der Waals surface area contributed by atoms with E-state index in [0.717, 1.165) is 0 Å². The number of aliphatic hydroxyl groups is 1. The third kappa shape index (κ3) is 4.23. The minimum Gasteiger partial charge on any atom is -0.480 e. The molecule has 0 spiro atoms. The third-order valence-electron chi connectivity index (χ3n) is 2.21. The molecule has 8 heteroatoms. The quantitative estimate of drug-likeness (QED) is 0.536. The predicted octanol–water partition coefficient (Wildman–Crippen LogP) is -1.53. The van der Waals surface area contributed by atoms with Crippen molar-refractivity contribution in [3.8, 4) is 0 Å². The van der Waals surface area contributed by atoms with Crippen LogP contribution in [0.4, 0.5) is 0 Å². The van der Waals surface area contributed by atoms with Crippen molar-refractivity contribution in [2.75, 3.05) is 24.8 Å². The highest BCUT2D eigenvalue weighted by atomic mass is 32.2. The topological polar surface area (TPSA) is 107 Å². The standard InChI is InChI=1S/C9H14N2O5S/c12-2-1-6(9(15)16)10-7(13)3-11-5-17-4-8(11)14/h6,12H,1-5H2,(H,10,13)(H,15,16)/t6-/m1/s1. The number of thioether (sulfide) groups is 1. The van der Waals surface area contributed by atoms with Crippen molar-refractivity contribution in [2.24, 2.45) is 0 Å². The first-order valence-electron chi connectivity index (χ1n) is 5.03. The van der Waals surface area contributed by atoms with E-state index in [2.05, 4.69) is 5.32 Å². The molecule has 1 fully saturated rings. The lowest BCUT2D eigenvalue weighted by atomic mass is 10.2. The van der Waals surface area contributed by atoms with Crippen molar-refractivity contribution in [3.05, 3.63) is 0 Å². The normalized spacial score (nSPS) is 17.0. The molecule has 1 aliphatic heterocycles. The number of hydrogen-bond acceptors (Lipinski definition) is 5. The monoisotopic (exact) mass is 262 g/mol. The predicted molar refractivity (Wildman–Crippen MR) is 60.3 cm³/mol. The van der Waals surface area contributed by atoms with Crippen LogP contribution in [0.1, 0.15) is 6.42 Å². The molecule has 0 saturated carbocycles. The molecule has 0 bridgehead atoms. The Balaban J connectivity index is 2.41. The molecule has 0 radical (unpaired) electrons. The molecule has 2 amide bonds. The molecule has 1 heterocycles. The Morgan fingerprint density at radius 1 is 1.53 bits per heavy atom. The molecule has 1 aliphatic rings. The highest BCUT2D eigenvalue weighted by Gasteiger charge is 2.25. The van der Waals surface area contributed by atoms with E-state index in [1.807, 2.05) is 0 Å². The summed E-state index contributed by atoms with van der Waals surface area (Å²) >= 11 is 1.41. The van der Waals surface area contributed by atoms with Gasteiger partial charge in [0.25, 0.3) is 0 Å². The van der Waals surface area contributed by atoms with E-state index in [1.54, 1.807) is 0 Å². The Kier molecular flexibility index (Phi) is 5.23. The van der Waals surface area contributed by atoms with Crippen molar-refractivity contribution in [1.29, 1.82) is 0 Å².